The Balaban J connectivity index is 1.34. The van der Waals surface area contributed by atoms with Crippen LogP contribution in [0.15, 0.2) is 103 Å². The largest absolute Gasteiger partial charge is 0.481 e. The van der Waals surface area contributed by atoms with Crippen LogP contribution in [0.25, 0.3) is 11.1 Å². The molecule has 0 aromatic heterocycles. The summed E-state index contributed by atoms with van der Waals surface area (Å²) in [7, 11) is 2.13. The molecule has 0 spiro atoms. The Kier molecular flexibility index (Phi) is 12.1. The van der Waals surface area contributed by atoms with Gasteiger partial charge in [-0.3, -0.25) is 14.5 Å². The van der Waals surface area contributed by atoms with Crippen LogP contribution in [-0.2, 0) is 32.2 Å². The molecule has 1 fully saturated rings. The molecule has 4 aromatic carbocycles. The van der Waals surface area contributed by atoms with Gasteiger partial charge in [0.15, 0.2) is 6.29 Å². The van der Waals surface area contributed by atoms with Gasteiger partial charge in [0, 0.05) is 43.5 Å². The Hall–Kier alpha value is -4.34. The summed E-state index contributed by atoms with van der Waals surface area (Å²) in [6.07, 6.45) is -0.429. The van der Waals surface area contributed by atoms with Gasteiger partial charge in [0.1, 0.15) is 0 Å². The molecule has 8 heteroatoms. The molecule has 0 bridgehead atoms. The number of nitrogens with zero attached hydrogens (tertiary/aromatic N) is 1. The number of benzene rings is 4. The number of carboxylic acids is 1. The van der Waals surface area contributed by atoms with E-state index in [0.29, 0.717) is 13.0 Å². The molecular weight excluding hydrogens is 604 g/mol. The van der Waals surface area contributed by atoms with Crippen LogP contribution in [0.1, 0.15) is 79.4 Å². The van der Waals surface area contributed by atoms with Crippen LogP contribution >= 0.6 is 0 Å². The van der Waals surface area contributed by atoms with Gasteiger partial charge >= 0.3 is 5.97 Å². The first-order valence-electron chi connectivity index (χ1n) is 16.7. The van der Waals surface area contributed by atoms with Crippen LogP contribution < -0.4 is 5.32 Å². The van der Waals surface area contributed by atoms with Gasteiger partial charge in [-0.2, -0.15) is 0 Å². The molecule has 5 atom stereocenters. The molecule has 252 valence electrons. The highest BCUT2D eigenvalue weighted by atomic mass is 16.7. The van der Waals surface area contributed by atoms with Gasteiger partial charge in [-0.25, -0.2) is 0 Å². The number of amides is 1. The van der Waals surface area contributed by atoms with Crippen molar-refractivity contribution < 1.29 is 29.3 Å². The lowest BCUT2D eigenvalue weighted by Gasteiger charge is -2.43. The Labute approximate surface area is 283 Å². The van der Waals surface area contributed by atoms with Crippen LogP contribution in [0.5, 0.6) is 0 Å². The number of carbonyl (C=O) groups excluding carboxylic acids is 1. The van der Waals surface area contributed by atoms with Gasteiger partial charge in [0.05, 0.1) is 18.8 Å². The highest BCUT2D eigenvalue weighted by molar-refractivity contribution is 5.77. The fourth-order valence-electron chi connectivity index (χ4n) is 6.21. The highest BCUT2D eigenvalue weighted by Crippen LogP contribution is 2.42. The van der Waals surface area contributed by atoms with Crippen molar-refractivity contribution in [1.29, 1.82) is 0 Å². The van der Waals surface area contributed by atoms with Gasteiger partial charge in [-0.15, -0.1) is 0 Å². The van der Waals surface area contributed by atoms with Crippen LogP contribution in [0.2, 0.25) is 0 Å². The molecule has 0 unspecified atom stereocenters. The molecule has 5 rings (SSSR count). The first kappa shape index (κ1) is 35.0. The first-order chi connectivity index (χ1) is 23.2. The predicted molar refractivity (Wildman–Crippen MR) is 186 cm³/mol. The normalized spacial score (nSPS) is 19.9. The van der Waals surface area contributed by atoms with E-state index in [1.165, 1.54) is 5.56 Å². The van der Waals surface area contributed by atoms with Crippen molar-refractivity contribution in [2.24, 2.45) is 5.92 Å². The number of aliphatic hydroxyl groups excluding tert-OH is 1. The second-order valence-corrected chi connectivity index (χ2v) is 12.7. The van der Waals surface area contributed by atoms with Crippen molar-refractivity contribution in [3.8, 4) is 11.1 Å². The fourth-order valence-corrected chi connectivity index (χ4v) is 6.21. The summed E-state index contributed by atoms with van der Waals surface area (Å²) in [4.78, 5) is 25.4. The zero-order valence-electron chi connectivity index (χ0n) is 27.9. The van der Waals surface area contributed by atoms with Crippen LogP contribution in [0.3, 0.4) is 0 Å². The Morgan fingerprint density at radius 3 is 2.21 bits per heavy atom. The molecular formula is C40H46N2O6. The number of likely N-dealkylation sites (N-methyl/N-ethyl adjacent to an activating group) is 1. The molecule has 1 amide bonds. The van der Waals surface area contributed by atoms with E-state index in [2.05, 4.69) is 67.5 Å². The summed E-state index contributed by atoms with van der Waals surface area (Å²) >= 11 is 0. The second kappa shape index (κ2) is 16.7. The number of carbonyl (C=O) groups is 2. The molecule has 48 heavy (non-hydrogen) atoms. The molecule has 1 aliphatic rings. The fraction of sp³-hybridized carbons (Fsp3) is 0.350. The number of aliphatic hydroxyl groups is 1. The van der Waals surface area contributed by atoms with Crippen molar-refractivity contribution >= 4 is 11.9 Å². The van der Waals surface area contributed by atoms with Crippen molar-refractivity contribution in [2.45, 2.75) is 70.8 Å². The molecule has 0 aliphatic carbocycles. The number of rotatable bonds is 14. The molecule has 0 saturated carbocycles. The van der Waals surface area contributed by atoms with Gasteiger partial charge < -0.3 is 25.0 Å². The Bertz CT molecular complexity index is 1630. The van der Waals surface area contributed by atoms with Gasteiger partial charge in [-0.05, 0) is 53.8 Å². The molecule has 1 saturated heterocycles. The maximum Gasteiger partial charge on any atom is 0.303 e. The molecule has 0 radical (unpaired) electrons. The van der Waals surface area contributed by atoms with E-state index in [-0.39, 0.29) is 49.5 Å². The molecule has 1 heterocycles. The van der Waals surface area contributed by atoms with Crippen molar-refractivity contribution in [3.63, 3.8) is 0 Å². The third-order valence-electron chi connectivity index (χ3n) is 9.32. The van der Waals surface area contributed by atoms with E-state index in [1.54, 1.807) is 0 Å². The van der Waals surface area contributed by atoms with E-state index >= 15 is 0 Å². The first-order valence-corrected chi connectivity index (χ1v) is 16.7. The van der Waals surface area contributed by atoms with Gasteiger partial charge in [0.25, 0.3) is 0 Å². The molecule has 1 aliphatic heterocycles. The van der Waals surface area contributed by atoms with Gasteiger partial charge in [-0.1, -0.05) is 110 Å². The lowest BCUT2D eigenvalue weighted by molar-refractivity contribution is -0.276. The summed E-state index contributed by atoms with van der Waals surface area (Å²) < 4.78 is 13.4. The van der Waals surface area contributed by atoms with E-state index in [1.807, 2.05) is 66.7 Å². The SMILES string of the molecule is C[C@H]1[C@@H](CN(C)[C@@H](C)c2ccccc2)O[C@@H](c2ccc(-c3ccccc3CNC(=O)CCCC(=O)O)cc2)O[C@H]1c1ccc(CO)cc1. The van der Waals surface area contributed by atoms with Crippen LogP contribution in [0.4, 0.5) is 0 Å². The Morgan fingerprint density at radius 2 is 1.52 bits per heavy atom. The summed E-state index contributed by atoms with van der Waals surface area (Å²) in [5, 5.41) is 21.4. The topological polar surface area (TPSA) is 108 Å². The number of hydrogen-bond acceptors (Lipinski definition) is 6. The average Bonchev–Trinajstić information content (AvgIpc) is 3.11. The molecule has 3 N–H and O–H groups in total. The number of hydrogen-bond donors (Lipinski definition) is 3. The van der Waals surface area contributed by atoms with Crippen molar-refractivity contribution in [2.75, 3.05) is 13.6 Å². The zero-order valence-corrected chi connectivity index (χ0v) is 27.9. The third-order valence-corrected chi connectivity index (χ3v) is 9.32. The van der Waals surface area contributed by atoms with Crippen molar-refractivity contribution in [3.05, 3.63) is 131 Å². The minimum absolute atomic E-state index is 0.00741. The minimum atomic E-state index is -0.900. The van der Waals surface area contributed by atoms with Crippen molar-refractivity contribution in [1.82, 2.24) is 10.2 Å². The summed E-state index contributed by atoms with van der Waals surface area (Å²) in [5.41, 5.74) is 7.05. The third kappa shape index (κ3) is 8.96. The lowest BCUT2D eigenvalue weighted by Crippen LogP contribution is -2.44. The summed E-state index contributed by atoms with van der Waals surface area (Å²) in [6, 6.07) is 34.8. The highest BCUT2D eigenvalue weighted by Gasteiger charge is 2.39. The zero-order chi connectivity index (χ0) is 34.0. The number of aliphatic carboxylic acids is 1. The second-order valence-electron chi connectivity index (χ2n) is 12.7. The maximum absolute atomic E-state index is 12.3. The molecule has 8 nitrogen and oxygen atoms in total. The maximum atomic E-state index is 12.3. The Morgan fingerprint density at radius 1 is 0.854 bits per heavy atom. The smallest absolute Gasteiger partial charge is 0.303 e. The van der Waals surface area contributed by atoms with Crippen LogP contribution in [0, 0.1) is 5.92 Å². The minimum Gasteiger partial charge on any atom is -0.481 e. The summed E-state index contributed by atoms with van der Waals surface area (Å²) in [6.45, 7) is 5.45. The monoisotopic (exact) mass is 650 g/mol. The van der Waals surface area contributed by atoms with E-state index in [9.17, 15) is 14.7 Å². The van der Waals surface area contributed by atoms with Gasteiger partial charge in [0.2, 0.25) is 5.91 Å². The lowest BCUT2D eigenvalue weighted by atomic mass is 9.89. The number of ether oxygens (including phenoxy) is 2. The number of nitrogens with one attached hydrogen (secondary N) is 1. The molecule has 4 aromatic rings. The quantitative estimate of drug-likeness (QED) is 0.132. The standard InChI is InChI=1S/C40H46N2O6/c1-27-36(25-42(3)28(2)30-10-5-4-6-11-30)47-40(48-39(27)32-18-16-29(26-43)17-19-32)33-22-20-31(21-23-33)35-13-8-7-12-34(35)24-41-37(44)14-9-15-38(45)46/h4-8,10-13,16-23,27-28,36,39-40,43H,9,14-15,24-26H2,1-3H3,(H,41,44)(H,45,46)/t27-,28-,36+,39+,40+/m0/s1. The average molecular weight is 651 g/mol. The van der Waals surface area contributed by atoms with E-state index in [4.69, 9.17) is 14.6 Å². The van der Waals surface area contributed by atoms with E-state index < -0.39 is 12.3 Å². The number of carboxylic acid groups (broad SMARTS) is 1. The predicted octanol–water partition coefficient (Wildman–Crippen LogP) is 7.20. The summed E-state index contributed by atoms with van der Waals surface area (Å²) in [5.74, 6) is -0.999. The van der Waals surface area contributed by atoms with E-state index in [0.717, 1.165) is 39.9 Å². The van der Waals surface area contributed by atoms with Crippen LogP contribution in [-0.4, -0.2) is 46.7 Å².